The maximum absolute atomic E-state index is 5.01. The van der Waals surface area contributed by atoms with E-state index in [1.807, 2.05) is 0 Å². The standard InChI is InChI=1S/C4H9NO.Na.H/c1-3-6-4-2-5-1;;/h5H,1-4H2;;/q;+1;-1. The SMILES string of the molecule is C1COCCN1.[H-].[Na+]. The molecule has 3 heteroatoms. The third-order valence-electron chi connectivity index (χ3n) is 0.846. The zero-order valence-corrected chi connectivity index (χ0v) is 6.74. The van der Waals surface area contributed by atoms with E-state index in [0.717, 1.165) is 26.3 Å². The van der Waals surface area contributed by atoms with Gasteiger partial charge in [0.2, 0.25) is 0 Å². The molecule has 1 aliphatic heterocycles. The molecule has 0 atom stereocenters. The van der Waals surface area contributed by atoms with Crippen molar-refractivity contribution < 1.29 is 35.7 Å². The van der Waals surface area contributed by atoms with Crippen LogP contribution in [-0.4, -0.2) is 26.3 Å². The molecule has 38 valence electrons. The predicted molar refractivity (Wildman–Crippen MR) is 24.8 cm³/mol. The van der Waals surface area contributed by atoms with Gasteiger partial charge in [-0.1, -0.05) is 0 Å². The molecule has 0 saturated carbocycles. The van der Waals surface area contributed by atoms with Crippen molar-refractivity contribution in [2.45, 2.75) is 0 Å². The van der Waals surface area contributed by atoms with Crippen molar-refractivity contribution >= 4 is 0 Å². The van der Waals surface area contributed by atoms with Gasteiger partial charge in [-0.2, -0.15) is 0 Å². The summed E-state index contributed by atoms with van der Waals surface area (Å²) >= 11 is 0. The Labute approximate surface area is 67.4 Å². The van der Waals surface area contributed by atoms with Crippen molar-refractivity contribution in [3.05, 3.63) is 0 Å². The van der Waals surface area contributed by atoms with E-state index >= 15 is 0 Å². The van der Waals surface area contributed by atoms with E-state index in [4.69, 9.17) is 4.74 Å². The molecule has 7 heavy (non-hydrogen) atoms. The van der Waals surface area contributed by atoms with Gasteiger partial charge in [-0.05, 0) is 0 Å². The van der Waals surface area contributed by atoms with Crippen LogP contribution in [0.4, 0.5) is 0 Å². The second-order valence-corrected chi connectivity index (χ2v) is 1.36. The fourth-order valence-corrected chi connectivity index (χ4v) is 0.516. The molecule has 1 heterocycles. The van der Waals surface area contributed by atoms with Crippen molar-refractivity contribution in [1.82, 2.24) is 5.32 Å². The van der Waals surface area contributed by atoms with Crippen molar-refractivity contribution in [3.63, 3.8) is 0 Å². The Morgan fingerprint density at radius 3 is 2.00 bits per heavy atom. The Morgan fingerprint density at radius 2 is 1.86 bits per heavy atom. The van der Waals surface area contributed by atoms with E-state index in [2.05, 4.69) is 5.32 Å². The Kier molecular flexibility index (Phi) is 5.73. The average Bonchev–Trinajstić information content (AvgIpc) is 1.72. The van der Waals surface area contributed by atoms with Gasteiger partial charge in [0.15, 0.2) is 0 Å². The summed E-state index contributed by atoms with van der Waals surface area (Å²) in [7, 11) is 0. The van der Waals surface area contributed by atoms with E-state index in [-0.39, 0.29) is 31.0 Å². The Hall–Kier alpha value is 0.920. The molecule has 0 bridgehead atoms. The van der Waals surface area contributed by atoms with Gasteiger partial charge in [0.1, 0.15) is 0 Å². The first kappa shape index (κ1) is 7.92. The van der Waals surface area contributed by atoms with Crippen LogP contribution in [0.25, 0.3) is 0 Å². The van der Waals surface area contributed by atoms with Crippen LogP contribution < -0.4 is 34.9 Å². The summed E-state index contributed by atoms with van der Waals surface area (Å²) < 4.78 is 5.01. The molecule has 2 nitrogen and oxygen atoms in total. The minimum atomic E-state index is 0. The fraction of sp³-hybridized carbons (Fsp3) is 1.00. The average molecular weight is 111 g/mol. The van der Waals surface area contributed by atoms with E-state index in [9.17, 15) is 0 Å². The normalized spacial score (nSPS) is 20.6. The quantitative estimate of drug-likeness (QED) is 0.331. The molecule has 0 radical (unpaired) electrons. The molecule has 0 unspecified atom stereocenters. The molecule has 0 amide bonds. The predicted octanol–water partition coefficient (Wildman–Crippen LogP) is -3.28. The van der Waals surface area contributed by atoms with Gasteiger partial charge in [-0.25, -0.2) is 0 Å². The van der Waals surface area contributed by atoms with Crippen LogP contribution in [-0.2, 0) is 4.74 Å². The number of ether oxygens (including phenoxy) is 1. The minimum Gasteiger partial charge on any atom is -1.00 e. The second kappa shape index (κ2) is 5.06. The fourth-order valence-electron chi connectivity index (χ4n) is 0.516. The van der Waals surface area contributed by atoms with Crippen molar-refractivity contribution in [2.24, 2.45) is 0 Å². The van der Waals surface area contributed by atoms with Gasteiger partial charge in [-0.15, -0.1) is 0 Å². The number of morpholine rings is 1. The number of hydrogen-bond donors (Lipinski definition) is 1. The van der Waals surface area contributed by atoms with Crippen molar-refractivity contribution in [1.29, 1.82) is 0 Å². The molecule has 1 saturated heterocycles. The molecule has 1 fully saturated rings. The zero-order chi connectivity index (χ0) is 4.24. The maximum Gasteiger partial charge on any atom is 1.00 e. The molecule has 0 aromatic carbocycles. The van der Waals surface area contributed by atoms with E-state index in [0.29, 0.717) is 0 Å². The van der Waals surface area contributed by atoms with Crippen LogP contribution in [0.3, 0.4) is 0 Å². The molecular weight excluding hydrogens is 101 g/mol. The molecule has 1 N–H and O–H groups in total. The minimum absolute atomic E-state index is 0. The number of hydrogen-bond acceptors (Lipinski definition) is 2. The number of nitrogens with one attached hydrogen (secondary N) is 1. The topological polar surface area (TPSA) is 21.3 Å². The van der Waals surface area contributed by atoms with Gasteiger partial charge in [0.05, 0.1) is 13.2 Å². The van der Waals surface area contributed by atoms with Crippen LogP contribution in [0, 0.1) is 0 Å². The van der Waals surface area contributed by atoms with Crippen LogP contribution in [0.15, 0.2) is 0 Å². The summed E-state index contributed by atoms with van der Waals surface area (Å²) in [6.07, 6.45) is 0. The molecule has 1 aliphatic rings. The van der Waals surface area contributed by atoms with Gasteiger partial charge in [-0.3, -0.25) is 0 Å². The zero-order valence-electron chi connectivity index (χ0n) is 5.74. The monoisotopic (exact) mass is 111 g/mol. The van der Waals surface area contributed by atoms with E-state index in [1.165, 1.54) is 0 Å². The van der Waals surface area contributed by atoms with Crippen LogP contribution in [0.1, 0.15) is 1.43 Å². The Balaban J connectivity index is 0. The first-order chi connectivity index (χ1) is 3.00. The Bertz CT molecular complexity index is 31.5. The van der Waals surface area contributed by atoms with Gasteiger partial charge in [0, 0.05) is 13.1 Å². The first-order valence-electron chi connectivity index (χ1n) is 2.28. The molecule has 0 aliphatic carbocycles. The summed E-state index contributed by atoms with van der Waals surface area (Å²) in [6.45, 7) is 3.83. The summed E-state index contributed by atoms with van der Waals surface area (Å²) in [5.74, 6) is 0. The van der Waals surface area contributed by atoms with Crippen molar-refractivity contribution in [3.8, 4) is 0 Å². The summed E-state index contributed by atoms with van der Waals surface area (Å²) in [6, 6.07) is 0. The molecular formula is C4H10NNaO. The molecule has 1 rings (SSSR count). The third-order valence-corrected chi connectivity index (χ3v) is 0.846. The largest absolute Gasteiger partial charge is 1.00 e. The Morgan fingerprint density at radius 1 is 1.29 bits per heavy atom. The van der Waals surface area contributed by atoms with Crippen molar-refractivity contribution in [2.75, 3.05) is 26.3 Å². The number of rotatable bonds is 0. The third kappa shape index (κ3) is 3.50. The summed E-state index contributed by atoms with van der Waals surface area (Å²) in [5, 5.41) is 3.16. The summed E-state index contributed by atoms with van der Waals surface area (Å²) in [5.41, 5.74) is 0. The van der Waals surface area contributed by atoms with E-state index in [1.54, 1.807) is 0 Å². The van der Waals surface area contributed by atoms with Gasteiger partial charge in [0.25, 0.3) is 0 Å². The summed E-state index contributed by atoms with van der Waals surface area (Å²) in [4.78, 5) is 0. The first-order valence-corrected chi connectivity index (χ1v) is 2.28. The van der Waals surface area contributed by atoms with E-state index < -0.39 is 0 Å². The molecule has 0 spiro atoms. The second-order valence-electron chi connectivity index (χ2n) is 1.36. The van der Waals surface area contributed by atoms with Crippen LogP contribution in [0.5, 0.6) is 0 Å². The van der Waals surface area contributed by atoms with Gasteiger partial charge < -0.3 is 11.5 Å². The van der Waals surface area contributed by atoms with Crippen LogP contribution >= 0.6 is 0 Å². The smallest absolute Gasteiger partial charge is 1.00 e. The van der Waals surface area contributed by atoms with Crippen LogP contribution in [0.2, 0.25) is 0 Å². The van der Waals surface area contributed by atoms with Gasteiger partial charge >= 0.3 is 29.6 Å². The molecule has 0 aromatic heterocycles. The molecule has 0 aromatic rings. The maximum atomic E-state index is 5.01.